The number of benzene rings is 2. The third-order valence-electron chi connectivity index (χ3n) is 6.06. The van der Waals surface area contributed by atoms with E-state index in [0.717, 1.165) is 31.2 Å². The van der Waals surface area contributed by atoms with Gasteiger partial charge in [0.2, 0.25) is 5.91 Å². The summed E-state index contributed by atoms with van der Waals surface area (Å²) in [5.41, 5.74) is 0.792. The lowest BCUT2D eigenvalue weighted by Gasteiger charge is -2.33. The molecule has 7 heteroatoms. The average Bonchev–Trinajstić information content (AvgIpc) is 2.84. The van der Waals surface area contributed by atoms with Crippen LogP contribution < -0.4 is 14.8 Å². The van der Waals surface area contributed by atoms with Crippen molar-refractivity contribution >= 4 is 23.4 Å². The minimum absolute atomic E-state index is 0.116. The number of halogens is 1. The quantitative estimate of drug-likeness (QED) is 0.529. The molecule has 0 aliphatic heterocycles. The van der Waals surface area contributed by atoms with E-state index in [1.54, 1.807) is 42.3 Å². The Hall–Kier alpha value is -2.73. The van der Waals surface area contributed by atoms with Crippen LogP contribution in [0.1, 0.15) is 51.0 Å². The predicted molar refractivity (Wildman–Crippen MR) is 130 cm³/mol. The van der Waals surface area contributed by atoms with Gasteiger partial charge in [0.05, 0.1) is 7.11 Å². The largest absolute Gasteiger partial charge is 0.497 e. The molecule has 1 saturated carbocycles. The molecule has 0 saturated heterocycles. The second-order valence-corrected chi connectivity index (χ2v) is 8.75. The second-order valence-electron chi connectivity index (χ2n) is 8.34. The average molecular weight is 473 g/mol. The number of amides is 2. The maximum Gasteiger partial charge on any atom is 0.261 e. The highest BCUT2D eigenvalue weighted by Crippen LogP contribution is 2.22. The number of rotatable bonds is 10. The summed E-state index contributed by atoms with van der Waals surface area (Å²) < 4.78 is 10.9. The van der Waals surface area contributed by atoms with E-state index in [9.17, 15) is 9.59 Å². The molecule has 0 radical (unpaired) electrons. The summed E-state index contributed by atoms with van der Waals surface area (Å²) in [6, 6.07) is 14.0. The van der Waals surface area contributed by atoms with Crippen LogP contribution in [0, 0.1) is 0 Å². The van der Waals surface area contributed by atoms with Crippen molar-refractivity contribution < 1.29 is 19.1 Å². The first-order chi connectivity index (χ1) is 16.0. The molecular weight excluding hydrogens is 440 g/mol. The molecule has 2 amide bonds. The summed E-state index contributed by atoms with van der Waals surface area (Å²) in [5.74, 6) is 0.881. The Labute approximate surface area is 201 Å². The van der Waals surface area contributed by atoms with Crippen LogP contribution in [0.25, 0.3) is 0 Å². The Morgan fingerprint density at radius 2 is 1.73 bits per heavy atom. The normalized spacial score (nSPS) is 14.9. The third-order valence-corrected chi connectivity index (χ3v) is 6.43. The van der Waals surface area contributed by atoms with Crippen molar-refractivity contribution in [1.29, 1.82) is 0 Å². The van der Waals surface area contributed by atoms with E-state index in [1.807, 2.05) is 25.1 Å². The molecule has 1 aliphatic carbocycles. The highest BCUT2D eigenvalue weighted by molar-refractivity contribution is 6.31. The lowest BCUT2D eigenvalue weighted by Crippen LogP contribution is -2.52. The number of carbonyl (C=O) groups excluding carboxylic acids is 2. The number of hydrogen-bond donors (Lipinski definition) is 1. The molecule has 0 spiro atoms. The van der Waals surface area contributed by atoms with Gasteiger partial charge < -0.3 is 19.7 Å². The van der Waals surface area contributed by atoms with Gasteiger partial charge in [0.25, 0.3) is 5.91 Å². The summed E-state index contributed by atoms with van der Waals surface area (Å²) in [4.78, 5) is 28.1. The van der Waals surface area contributed by atoms with Gasteiger partial charge in [-0.15, -0.1) is 0 Å². The molecule has 1 aliphatic rings. The Kier molecular flexibility index (Phi) is 9.43. The monoisotopic (exact) mass is 472 g/mol. The van der Waals surface area contributed by atoms with Crippen LogP contribution in [-0.4, -0.2) is 42.5 Å². The minimum atomic E-state index is -0.602. The molecule has 6 nitrogen and oxygen atoms in total. The van der Waals surface area contributed by atoms with Gasteiger partial charge in [-0.1, -0.05) is 56.0 Å². The van der Waals surface area contributed by atoms with Crippen molar-refractivity contribution in [2.45, 2.75) is 64.1 Å². The van der Waals surface area contributed by atoms with Crippen molar-refractivity contribution in [2.24, 2.45) is 0 Å². The first-order valence-electron chi connectivity index (χ1n) is 11.6. The standard InChI is InChI=1S/C26H33ClN2O4/c1-3-24(26(31)28-20-10-5-4-6-11-20)29(17-19-9-7-8-12-23(19)27)25(30)18-33-22-15-13-21(32-2)14-16-22/h7-9,12-16,20,24H,3-6,10-11,17-18H2,1-2H3,(H,28,31)/t24-/m0/s1. The maximum absolute atomic E-state index is 13.3. The smallest absolute Gasteiger partial charge is 0.261 e. The molecule has 2 aromatic carbocycles. The predicted octanol–water partition coefficient (Wildman–Crippen LogP) is 4.98. The Bertz CT molecular complexity index is 913. The van der Waals surface area contributed by atoms with Crippen LogP contribution in [-0.2, 0) is 16.1 Å². The molecule has 1 N–H and O–H groups in total. The Balaban J connectivity index is 1.74. The molecule has 33 heavy (non-hydrogen) atoms. The third kappa shape index (κ3) is 7.13. The van der Waals surface area contributed by atoms with Crippen LogP contribution in [0.2, 0.25) is 5.02 Å². The number of carbonyl (C=O) groups is 2. The topological polar surface area (TPSA) is 67.9 Å². The molecule has 0 aromatic heterocycles. The Morgan fingerprint density at radius 1 is 1.06 bits per heavy atom. The lowest BCUT2D eigenvalue weighted by atomic mass is 9.95. The lowest BCUT2D eigenvalue weighted by molar-refractivity contribution is -0.143. The summed E-state index contributed by atoms with van der Waals surface area (Å²) in [7, 11) is 1.59. The zero-order chi connectivity index (χ0) is 23.6. The second kappa shape index (κ2) is 12.5. The van der Waals surface area contributed by atoms with Crippen LogP contribution in [0.4, 0.5) is 0 Å². The number of nitrogens with one attached hydrogen (secondary N) is 1. The van der Waals surface area contributed by atoms with E-state index in [-0.39, 0.29) is 31.0 Å². The molecule has 1 fully saturated rings. The van der Waals surface area contributed by atoms with Crippen LogP contribution in [0.3, 0.4) is 0 Å². The fraction of sp³-hybridized carbons (Fsp3) is 0.462. The number of nitrogens with zero attached hydrogens (tertiary/aromatic N) is 1. The summed E-state index contributed by atoms with van der Waals surface area (Å²) in [5, 5.41) is 3.74. The van der Waals surface area contributed by atoms with Gasteiger partial charge in [-0.2, -0.15) is 0 Å². The molecular formula is C26H33ClN2O4. The van der Waals surface area contributed by atoms with Crippen molar-refractivity contribution in [2.75, 3.05) is 13.7 Å². The van der Waals surface area contributed by atoms with Gasteiger partial charge >= 0.3 is 0 Å². The molecule has 0 heterocycles. The highest BCUT2D eigenvalue weighted by atomic mass is 35.5. The zero-order valence-electron chi connectivity index (χ0n) is 19.4. The van der Waals surface area contributed by atoms with Gasteiger partial charge in [-0.25, -0.2) is 0 Å². The maximum atomic E-state index is 13.3. The number of methoxy groups -OCH3 is 1. The van der Waals surface area contributed by atoms with Crippen molar-refractivity contribution in [3.05, 3.63) is 59.1 Å². The van der Waals surface area contributed by atoms with Crippen LogP contribution in [0.5, 0.6) is 11.5 Å². The first kappa shape index (κ1) is 24.9. The van der Waals surface area contributed by atoms with Crippen LogP contribution >= 0.6 is 11.6 Å². The fourth-order valence-electron chi connectivity index (χ4n) is 4.17. The fourth-order valence-corrected chi connectivity index (χ4v) is 4.37. The SMILES string of the molecule is CC[C@@H](C(=O)NC1CCCCC1)N(Cc1ccccc1Cl)C(=O)COc1ccc(OC)cc1. The molecule has 1 atom stereocenters. The number of hydrogen-bond acceptors (Lipinski definition) is 4. The summed E-state index contributed by atoms with van der Waals surface area (Å²) in [6.45, 7) is 1.98. The van der Waals surface area contributed by atoms with E-state index < -0.39 is 6.04 Å². The van der Waals surface area contributed by atoms with Crippen molar-refractivity contribution in [3.63, 3.8) is 0 Å². The summed E-state index contributed by atoms with van der Waals surface area (Å²) >= 11 is 6.38. The van der Waals surface area contributed by atoms with Gasteiger partial charge in [0.15, 0.2) is 6.61 Å². The molecule has 3 rings (SSSR count). The Morgan fingerprint density at radius 3 is 2.36 bits per heavy atom. The van der Waals surface area contributed by atoms with Gasteiger partial charge in [0.1, 0.15) is 17.5 Å². The molecule has 0 unspecified atom stereocenters. The first-order valence-corrected chi connectivity index (χ1v) is 12.0. The molecule has 0 bridgehead atoms. The molecule has 178 valence electrons. The van der Waals surface area contributed by atoms with Gasteiger partial charge in [0, 0.05) is 17.6 Å². The zero-order valence-corrected chi connectivity index (χ0v) is 20.1. The van der Waals surface area contributed by atoms with Crippen LogP contribution in [0.15, 0.2) is 48.5 Å². The van der Waals surface area contributed by atoms with E-state index in [0.29, 0.717) is 22.9 Å². The van der Waals surface area contributed by atoms with Gasteiger partial charge in [-0.05, 0) is 55.2 Å². The van der Waals surface area contributed by atoms with E-state index in [4.69, 9.17) is 21.1 Å². The number of ether oxygens (including phenoxy) is 2. The van der Waals surface area contributed by atoms with E-state index >= 15 is 0 Å². The van der Waals surface area contributed by atoms with Crippen molar-refractivity contribution in [1.82, 2.24) is 10.2 Å². The minimum Gasteiger partial charge on any atom is -0.497 e. The van der Waals surface area contributed by atoms with Gasteiger partial charge in [-0.3, -0.25) is 9.59 Å². The van der Waals surface area contributed by atoms with E-state index in [1.165, 1.54) is 6.42 Å². The highest BCUT2D eigenvalue weighted by Gasteiger charge is 2.31. The van der Waals surface area contributed by atoms with Crippen molar-refractivity contribution in [3.8, 4) is 11.5 Å². The van der Waals surface area contributed by atoms with E-state index in [2.05, 4.69) is 5.32 Å². The molecule has 2 aromatic rings. The summed E-state index contributed by atoms with van der Waals surface area (Å²) in [6.07, 6.45) is 5.93.